The van der Waals surface area contributed by atoms with Crippen molar-refractivity contribution in [2.75, 3.05) is 13.1 Å². The minimum absolute atomic E-state index is 0.182. The van der Waals surface area contributed by atoms with Crippen molar-refractivity contribution in [1.29, 1.82) is 0 Å². The molecule has 0 amide bonds. The molecule has 1 aromatic carbocycles. The van der Waals surface area contributed by atoms with E-state index in [0.717, 1.165) is 32.5 Å². The first-order valence-electron chi connectivity index (χ1n) is 10.1. The summed E-state index contributed by atoms with van der Waals surface area (Å²) in [7, 11) is 0. The van der Waals surface area contributed by atoms with E-state index in [1.807, 2.05) is 6.08 Å². The Labute approximate surface area is 165 Å². The fourth-order valence-electron chi connectivity index (χ4n) is 3.39. The number of benzene rings is 1. The zero-order chi connectivity index (χ0) is 19.9. The number of rotatable bonds is 10. The minimum Gasteiger partial charge on any atom is -0.392 e. The van der Waals surface area contributed by atoms with Gasteiger partial charge in [0.1, 0.15) is 0 Å². The molecule has 0 aliphatic carbocycles. The van der Waals surface area contributed by atoms with Gasteiger partial charge in [-0.1, -0.05) is 64.5 Å². The molecule has 0 aliphatic rings. The van der Waals surface area contributed by atoms with Crippen molar-refractivity contribution in [3.63, 3.8) is 0 Å². The largest absolute Gasteiger partial charge is 0.392 e. The quantitative estimate of drug-likeness (QED) is 0.599. The third-order valence-corrected chi connectivity index (χ3v) is 4.96. The number of nitrogens with zero attached hydrogens (tertiary/aromatic N) is 2. The molecule has 3 heteroatoms. The van der Waals surface area contributed by atoms with E-state index in [2.05, 4.69) is 86.3 Å². The maximum atomic E-state index is 10.2. The van der Waals surface area contributed by atoms with E-state index in [0.29, 0.717) is 6.54 Å². The molecule has 0 unspecified atom stereocenters. The zero-order valence-electron chi connectivity index (χ0n) is 17.5. The van der Waals surface area contributed by atoms with Crippen molar-refractivity contribution < 1.29 is 5.11 Å². The summed E-state index contributed by atoms with van der Waals surface area (Å²) in [5, 5.41) is 10.2. The summed E-state index contributed by atoms with van der Waals surface area (Å²) < 4.78 is 2.30. The molecule has 1 aromatic heterocycles. The van der Waals surface area contributed by atoms with Gasteiger partial charge in [0.15, 0.2) is 0 Å². The van der Waals surface area contributed by atoms with Crippen molar-refractivity contribution in [2.45, 2.75) is 65.1 Å². The molecule has 1 atom stereocenters. The van der Waals surface area contributed by atoms with Crippen LogP contribution in [0.25, 0.3) is 0 Å². The van der Waals surface area contributed by atoms with E-state index in [-0.39, 0.29) is 11.5 Å². The van der Waals surface area contributed by atoms with Gasteiger partial charge >= 0.3 is 0 Å². The molecule has 0 fully saturated rings. The first kappa shape index (κ1) is 21.5. The SMILES string of the molecule is C=CCN(Cc1cccn1Cc1ccc(C(C)(C)C)cc1)C[C@@H](O)CCC. The van der Waals surface area contributed by atoms with Gasteiger partial charge in [0.25, 0.3) is 0 Å². The predicted octanol–water partition coefficient (Wildman–Crippen LogP) is 4.98. The van der Waals surface area contributed by atoms with Crippen LogP contribution >= 0.6 is 0 Å². The molecule has 1 N–H and O–H groups in total. The topological polar surface area (TPSA) is 28.4 Å². The molecule has 0 bridgehead atoms. The number of aliphatic hydroxyl groups is 1. The molecule has 148 valence electrons. The van der Waals surface area contributed by atoms with Gasteiger partial charge in [0, 0.05) is 38.1 Å². The van der Waals surface area contributed by atoms with Crippen LogP contribution in [-0.2, 0) is 18.5 Å². The Kier molecular flexibility index (Phi) is 7.88. The Hall–Kier alpha value is -1.84. The lowest BCUT2D eigenvalue weighted by Crippen LogP contribution is -2.33. The van der Waals surface area contributed by atoms with Crippen LogP contribution in [0.5, 0.6) is 0 Å². The highest BCUT2D eigenvalue weighted by Gasteiger charge is 2.14. The molecule has 2 rings (SSSR count). The van der Waals surface area contributed by atoms with Gasteiger partial charge in [-0.25, -0.2) is 0 Å². The van der Waals surface area contributed by atoms with Crippen LogP contribution in [0.4, 0.5) is 0 Å². The molecule has 27 heavy (non-hydrogen) atoms. The molecule has 2 aromatic rings. The van der Waals surface area contributed by atoms with Gasteiger partial charge in [-0.2, -0.15) is 0 Å². The first-order chi connectivity index (χ1) is 12.8. The van der Waals surface area contributed by atoms with Crippen LogP contribution in [0.3, 0.4) is 0 Å². The molecule has 3 nitrogen and oxygen atoms in total. The number of hydrogen-bond donors (Lipinski definition) is 1. The van der Waals surface area contributed by atoms with E-state index in [1.54, 1.807) is 0 Å². The van der Waals surface area contributed by atoms with Crippen molar-refractivity contribution in [1.82, 2.24) is 9.47 Å². The molecular formula is C24H36N2O. The van der Waals surface area contributed by atoms with E-state index in [1.165, 1.54) is 16.8 Å². The summed E-state index contributed by atoms with van der Waals surface area (Å²) in [5.41, 5.74) is 4.12. The zero-order valence-corrected chi connectivity index (χ0v) is 17.5. The van der Waals surface area contributed by atoms with Gasteiger partial charge < -0.3 is 9.67 Å². The summed E-state index contributed by atoms with van der Waals surface area (Å²) in [4.78, 5) is 2.27. The highest BCUT2D eigenvalue weighted by atomic mass is 16.3. The summed E-state index contributed by atoms with van der Waals surface area (Å²) in [6.45, 7) is 15.9. The summed E-state index contributed by atoms with van der Waals surface area (Å²) in [6, 6.07) is 13.2. The lowest BCUT2D eigenvalue weighted by Gasteiger charge is -2.24. The fourth-order valence-corrected chi connectivity index (χ4v) is 3.39. The Morgan fingerprint density at radius 1 is 1.19 bits per heavy atom. The summed E-state index contributed by atoms with van der Waals surface area (Å²) >= 11 is 0. The molecule has 0 spiro atoms. The fraction of sp³-hybridized carbons (Fsp3) is 0.500. The monoisotopic (exact) mass is 368 g/mol. The summed E-state index contributed by atoms with van der Waals surface area (Å²) in [6.07, 6.45) is 5.63. The molecule has 0 saturated heterocycles. The molecular weight excluding hydrogens is 332 g/mol. The van der Waals surface area contributed by atoms with Crippen LogP contribution < -0.4 is 0 Å². The maximum Gasteiger partial charge on any atom is 0.0667 e. The van der Waals surface area contributed by atoms with Crippen molar-refractivity contribution in [3.8, 4) is 0 Å². The molecule has 0 saturated carbocycles. The van der Waals surface area contributed by atoms with Crippen molar-refractivity contribution in [2.24, 2.45) is 0 Å². The lowest BCUT2D eigenvalue weighted by molar-refractivity contribution is 0.106. The van der Waals surface area contributed by atoms with Gasteiger partial charge in [-0.15, -0.1) is 6.58 Å². The highest BCUT2D eigenvalue weighted by molar-refractivity contribution is 5.28. The minimum atomic E-state index is -0.275. The van der Waals surface area contributed by atoms with Crippen LogP contribution in [0.1, 0.15) is 57.4 Å². The van der Waals surface area contributed by atoms with Crippen LogP contribution in [0, 0.1) is 0 Å². The third kappa shape index (κ3) is 6.67. The molecule has 1 heterocycles. The van der Waals surface area contributed by atoms with E-state index in [4.69, 9.17) is 0 Å². The van der Waals surface area contributed by atoms with Gasteiger partial charge in [0.2, 0.25) is 0 Å². The smallest absolute Gasteiger partial charge is 0.0667 e. The van der Waals surface area contributed by atoms with Gasteiger partial charge in [0.05, 0.1) is 6.10 Å². The second-order valence-electron chi connectivity index (χ2n) is 8.50. The first-order valence-corrected chi connectivity index (χ1v) is 10.1. The number of aliphatic hydroxyl groups excluding tert-OH is 1. The Bertz CT molecular complexity index is 694. The van der Waals surface area contributed by atoms with E-state index < -0.39 is 0 Å². The predicted molar refractivity (Wildman–Crippen MR) is 115 cm³/mol. The van der Waals surface area contributed by atoms with Crippen LogP contribution in [0.2, 0.25) is 0 Å². The van der Waals surface area contributed by atoms with Crippen molar-refractivity contribution >= 4 is 0 Å². The molecule has 0 radical (unpaired) electrons. The van der Waals surface area contributed by atoms with Crippen LogP contribution in [-0.4, -0.2) is 33.8 Å². The summed E-state index contributed by atoms with van der Waals surface area (Å²) in [5.74, 6) is 0. The maximum absolute atomic E-state index is 10.2. The van der Waals surface area contributed by atoms with Gasteiger partial charge in [-0.3, -0.25) is 4.90 Å². The van der Waals surface area contributed by atoms with E-state index >= 15 is 0 Å². The van der Waals surface area contributed by atoms with Crippen molar-refractivity contribution in [3.05, 3.63) is 72.1 Å². The van der Waals surface area contributed by atoms with Gasteiger partial charge in [-0.05, 0) is 35.1 Å². The number of hydrogen-bond acceptors (Lipinski definition) is 2. The Morgan fingerprint density at radius 2 is 1.89 bits per heavy atom. The normalized spacial score (nSPS) is 13.1. The average Bonchev–Trinajstić information content (AvgIpc) is 3.01. The second kappa shape index (κ2) is 9.91. The highest BCUT2D eigenvalue weighted by Crippen LogP contribution is 2.22. The lowest BCUT2D eigenvalue weighted by atomic mass is 9.87. The van der Waals surface area contributed by atoms with E-state index in [9.17, 15) is 5.11 Å². The van der Waals surface area contributed by atoms with Crippen LogP contribution in [0.15, 0.2) is 55.3 Å². The molecule has 0 aliphatic heterocycles. The Balaban J connectivity index is 2.06. The Morgan fingerprint density at radius 3 is 2.48 bits per heavy atom. The number of aromatic nitrogens is 1. The standard InChI is InChI=1S/C24H36N2O/c1-6-9-23(27)19-25(15-7-2)18-22-10-8-16-26(22)17-20-11-13-21(14-12-20)24(3,4)5/h7-8,10-14,16,23,27H,2,6,9,15,17-19H2,1,3-5H3/t23-/m0/s1. The third-order valence-electron chi connectivity index (χ3n) is 4.96. The average molecular weight is 369 g/mol. The second-order valence-corrected chi connectivity index (χ2v) is 8.50.